The van der Waals surface area contributed by atoms with Gasteiger partial charge >= 0.3 is 6.03 Å². The van der Waals surface area contributed by atoms with Crippen LogP contribution >= 0.6 is 0 Å². The van der Waals surface area contributed by atoms with E-state index in [2.05, 4.69) is 38.2 Å². The molecule has 0 heterocycles. The van der Waals surface area contributed by atoms with Gasteiger partial charge < -0.3 is 20.1 Å². The highest BCUT2D eigenvalue weighted by atomic mass is 16.5. The summed E-state index contributed by atoms with van der Waals surface area (Å²) in [6.07, 6.45) is 0. The van der Waals surface area contributed by atoms with Gasteiger partial charge in [-0.2, -0.15) is 0 Å². The van der Waals surface area contributed by atoms with Crippen molar-refractivity contribution >= 4 is 6.03 Å². The zero-order valence-electron chi connectivity index (χ0n) is 16.4. The lowest BCUT2D eigenvalue weighted by atomic mass is 9.87. The van der Waals surface area contributed by atoms with E-state index >= 15 is 0 Å². The standard InChI is InChI=1S/C22H30N2O3/c1-22(2,3)19-9-11-20(12-10-19)27-16-13-23-21(26)24(14-15-25)17-18-7-5-4-6-8-18/h4-12,25H,13-17H2,1-3H3,(H,23,26). The Morgan fingerprint density at radius 3 is 2.33 bits per heavy atom. The zero-order valence-corrected chi connectivity index (χ0v) is 16.4. The first-order valence-electron chi connectivity index (χ1n) is 9.31. The summed E-state index contributed by atoms with van der Waals surface area (Å²) in [6.45, 7) is 7.98. The van der Waals surface area contributed by atoms with Crippen LogP contribution in [0, 0.1) is 0 Å². The van der Waals surface area contributed by atoms with Gasteiger partial charge in [0.15, 0.2) is 0 Å². The Kier molecular flexibility index (Phi) is 7.67. The average Bonchev–Trinajstić information content (AvgIpc) is 2.65. The van der Waals surface area contributed by atoms with Gasteiger partial charge in [0.1, 0.15) is 12.4 Å². The monoisotopic (exact) mass is 370 g/mol. The molecule has 0 unspecified atom stereocenters. The summed E-state index contributed by atoms with van der Waals surface area (Å²) in [4.78, 5) is 13.9. The van der Waals surface area contributed by atoms with Gasteiger partial charge in [0.05, 0.1) is 13.2 Å². The Labute approximate surface area is 162 Å². The molecule has 0 aromatic heterocycles. The van der Waals surface area contributed by atoms with Crippen LogP contribution in [0.25, 0.3) is 0 Å². The van der Waals surface area contributed by atoms with Gasteiger partial charge in [-0.15, -0.1) is 0 Å². The van der Waals surface area contributed by atoms with Crippen LogP contribution in [0.4, 0.5) is 4.79 Å². The van der Waals surface area contributed by atoms with Gasteiger partial charge in [-0.25, -0.2) is 4.79 Å². The molecule has 0 atom stereocenters. The van der Waals surface area contributed by atoms with Crippen LogP contribution in [-0.4, -0.2) is 42.3 Å². The van der Waals surface area contributed by atoms with Crippen LogP contribution in [0.2, 0.25) is 0 Å². The minimum Gasteiger partial charge on any atom is -0.492 e. The average molecular weight is 370 g/mol. The lowest BCUT2D eigenvalue weighted by molar-refractivity contribution is 0.172. The number of rotatable bonds is 8. The summed E-state index contributed by atoms with van der Waals surface area (Å²) in [7, 11) is 0. The highest BCUT2D eigenvalue weighted by Gasteiger charge is 2.14. The van der Waals surface area contributed by atoms with Crippen molar-refractivity contribution < 1.29 is 14.6 Å². The molecule has 5 nitrogen and oxygen atoms in total. The molecule has 0 spiro atoms. The maximum absolute atomic E-state index is 12.4. The molecule has 2 aromatic rings. The highest BCUT2D eigenvalue weighted by Crippen LogP contribution is 2.24. The molecule has 2 N–H and O–H groups in total. The summed E-state index contributed by atoms with van der Waals surface area (Å²) in [5.74, 6) is 0.786. The predicted molar refractivity (Wildman–Crippen MR) is 108 cm³/mol. The second kappa shape index (κ2) is 9.97. The summed E-state index contributed by atoms with van der Waals surface area (Å²) in [6, 6.07) is 17.6. The molecular weight excluding hydrogens is 340 g/mol. The summed E-state index contributed by atoms with van der Waals surface area (Å²) >= 11 is 0. The van der Waals surface area contributed by atoms with E-state index in [-0.39, 0.29) is 24.6 Å². The van der Waals surface area contributed by atoms with Crippen LogP contribution in [-0.2, 0) is 12.0 Å². The number of aliphatic hydroxyl groups excluding tert-OH is 1. The van der Waals surface area contributed by atoms with E-state index in [1.54, 1.807) is 4.90 Å². The maximum atomic E-state index is 12.4. The van der Waals surface area contributed by atoms with Crippen molar-refractivity contribution in [2.24, 2.45) is 0 Å². The van der Waals surface area contributed by atoms with Crippen molar-refractivity contribution in [3.63, 3.8) is 0 Å². The van der Waals surface area contributed by atoms with Crippen molar-refractivity contribution in [3.05, 3.63) is 65.7 Å². The largest absolute Gasteiger partial charge is 0.492 e. The predicted octanol–water partition coefficient (Wildman–Crippen LogP) is 3.57. The number of carbonyl (C=O) groups is 1. The van der Waals surface area contributed by atoms with Crippen LogP contribution in [0.3, 0.4) is 0 Å². The van der Waals surface area contributed by atoms with Crippen LogP contribution in [0.1, 0.15) is 31.9 Å². The fourth-order valence-corrected chi connectivity index (χ4v) is 2.67. The van der Waals surface area contributed by atoms with Crippen molar-refractivity contribution in [3.8, 4) is 5.75 Å². The summed E-state index contributed by atoms with van der Waals surface area (Å²) < 4.78 is 5.70. The molecular formula is C22H30N2O3. The first-order valence-corrected chi connectivity index (χ1v) is 9.31. The highest BCUT2D eigenvalue weighted by molar-refractivity contribution is 5.74. The number of nitrogens with one attached hydrogen (secondary N) is 1. The lowest BCUT2D eigenvalue weighted by Crippen LogP contribution is -2.42. The number of nitrogens with zero attached hydrogens (tertiary/aromatic N) is 1. The molecule has 2 rings (SSSR count). The normalized spacial score (nSPS) is 11.1. The van der Waals surface area contributed by atoms with Gasteiger partial charge in [-0.1, -0.05) is 63.2 Å². The third kappa shape index (κ3) is 6.94. The number of amides is 2. The van der Waals surface area contributed by atoms with E-state index in [9.17, 15) is 9.90 Å². The second-order valence-electron chi connectivity index (χ2n) is 7.49. The van der Waals surface area contributed by atoms with Crippen molar-refractivity contribution in [1.82, 2.24) is 10.2 Å². The molecule has 0 aliphatic carbocycles. The van der Waals surface area contributed by atoms with Crippen molar-refractivity contribution in [1.29, 1.82) is 0 Å². The fraction of sp³-hybridized carbons (Fsp3) is 0.409. The van der Waals surface area contributed by atoms with Crippen LogP contribution < -0.4 is 10.1 Å². The van der Waals surface area contributed by atoms with Crippen LogP contribution in [0.15, 0.2) is 54.6 Å². The number of benzene rings is 2. The molecule has 2 aromatic carbocycles. The Morgan fingerprint density at radius 2 is 1.74 bits per heavy atom. The third-order valence-corrected chi connectivity index (χ3v) is 4.24. The molecule has 0 bridgehead atoms. The fourth-order valence-electron chi connectivity index (χ4n) is 2.67. The molecule has 5 heteroatoms. The smallest absolute Gasteiger partial charge is 0.317 e. The first kappa shape index (κ1) is 20.8. The topological polar surface area (TPSA) is 61.8 Å². The first-order chi connectivity index (χ1) is 12.9. The number of carbonyl (C=O) groups excluding carboxylic acids is 1. The number of hydrogen-bond acceptors (Lipinski definition) is 3. The van der Waals surface area contributed by atoms with E-state index in [0.717, 1.165) is 11.3 Å². The van der Waals surface area contributed by atoms with E-state index in [4.69, 9.17) is 4.74 Å². The Bertz CT molecular complexity index is 694. The SMILES string of the molecule is CC(C)(C)c1ccc(OCCNC(=O)N(CCO)Cc2ccccc2)cc1. The minimum atomic E-state index is -0.209. The van der Waals surface area contributed by atoms with E-state index in [1.165, 1.54) is 5.56 Å². The Morgan fingerprint density at radius 1 is 1.07 bits per heavy atom. The van der Waals surface area contributed by atoms with E-state index in [0.29, 0.717) is 19.7 Å². The molecule has 0 aliphatic rings. The Hall–Kier alpha value is -2.53. The lowest BCUT2D eigenvalue weighted by Gasteiger charge is -2.22. The van der Waals surface area contributed by atoms with Gasteiger partial charge in [-0.05, 0) is 28.7 Å². The Balaban J connectivity index is 1.78. The van der Waals surface area contributed by atoms with Crippen molar-refractivity contribution in [2.45, 2.75) is 32.7 Å². The minimum absolute atomic E-state index is 0.0725. The quantitative estimate of drug-likeness (QED) is 0.699. The van der Waals surface area contributed by atoms with Gasteiger partial charge in [0.25, 0.3) is 0 Å². The molecule has 0 saturated carbocycles. The molecule has 0 saturated heterocycles. The number of ether oxygens (including phenoxy) is 1. The maximum Gasteiger partial charge on any atom is 0.317 e. The number of urea groups is 1. The van der Waals surface area contributed by atoms with Crippen molar-refractivity contribution in [2.75, 3.05) is 26.3 Å². The second-order valence-corrected chi connectivity index (χ2v) is 7.49. The zero-order chi connectivity index (χ0) is 19.7. The number of aliphatic hydroxyl groups is 1. The molecule has 2 amide bonds. The van der Waals surface area contributed by atoms with E-state index < -0.39 is 0 Å². The molecule has 0 aliphatic heterocycles. The molecule has 146 valence electrons. The molecule has 27 heavy (non-hydrogen) atoms. The van der Waals surface area contributed by atoms with Gasteiger partial charge in [0, 0.05) is 13.1 Å². The summed E-state index contributed by atoms with van der Waals surface area (Å²) in [5.41, 5.74) is 2.39. The van der Waals surface area contributed by atoms with Crippen LogP contribution in [0.5, 0.6) is 5.75 Å². The molecule has 0 fully saturated rings. The van der Waals surface area contributed by atoms with Gasteiger partial charge in [-0.3, -0.25) is 0 Å². The summed E-state index contributed by atoms with van der Waals surface area (Å²) in [5, 5.41) is 12.1. The third-order valence-electron chi connectivity index (χ3n) is 4.24. The van der Waals surface area contributed by atoms with Gasteiger partial charge in [0.2, 0.25) is 0 Å². The molecule has 0 radical (unpaired) electrons. The number of hydrogen-bond donors (Lipinski definition) is 2. The van der Waals surface area contributed by atoms with E-state index in [1.807, 2.05) is 42.5 Å².